The Labute approximate surface area is 287 Å². The van der Waals surface area contributed by atoms with Crippen LogP contribution in [-0.2, 0) is 0 Å². The fourth-order valence-corrected chi connectivity index (χ4v) is 8.22. The summed E-state index contributed by atoms with van der Waals surface area (Å²) >= 11 is 0. The standard InChI is InChI=1S/C48H28O2/c1-2-10-30-25-32(18-17-29(30)9-1)42-28-49-43-23-21-34(27-41(42)43)47-38-13-5-3-11-36(38)46(37-12-4-6-14-39(37)47)33-19-22-35-31(26-33)20-24-45-48(35)40-15-7-8-16-44(40)50-45/h1-28H. The molecule has 0 spiro atoms. The zero-order valence-electron chi connectivity index (χ0n) is 27.0. The molecule has 11 aromatic rings. The average molecular weight is 637 g/mol. The van der Waals surface area contributed by atoms with Crippen LogP contribution in [0, 0.1) is 0 Å². The molecule has 0 aliphatic carbocycles. The van der Waals surface area contributed by atoms with Gasteiger partial charge in [0.2, 0.25) is 0 Å². The van der Waals surface area contributed by atoms with Crippen LogP contribution < -0.4 is 0 Å². The van der Waals surface area contributed by atoms with E-state index in [9.17, 15) is 0 Å². The smallest absolute Gasteiger partial charge is 0.136 e. The molecule has 9 aromatic carbocycles. The van der Waals surface area contributed by atoms with Crippen molar-refractivity contribution in [1.82, 2.24) is 0 Å². The molecule has 2 heterocycles. The fourth-order valence-electron chi connectivity index (χ4n) is 8.22. The molecule has 2 heteroatoms. The van der Waals surface area contributed by atoms with Crippen LogP contribution in [0.1, 0.15) is 0 Å². The van der Waals surface area contributed by atoms with Crippen LogP contribution in [0.25, 0.3) is 109 Å². The number of rotatable bonds is 3. The summed E-state index contributed by atoms with van der Waals surface area (Å²) in [6.07, 6.45) is 1.90. The van der Waals surface area contributed by atoms with E-state index >= 15 is 0 Å². The van der Waals surface area contributed by atoms with Crippen LogP contribution in [0.5, 0.6) is 0 Å². The molecule has 232 valence electrons. The Kier molecular flexibility index (Phi) is 5.70. The second kappa shape index (κ2) is 10.4. The number of hydrogen-bond donors (Lipinski definition) is 0. The van der Waals surface area contributed by atoms with E-state index in [2.05, 4.69) is 152 Å². The molecule has 0 bridgehead atoms. The van der Waals surface area contributed by atoms with Crippen molar-refractivity contribution in [2.24, 2.45) is 0 Å². The van der Waals surface area contributed by atoms with Crippen molar-refractivity contribution in [2.75, 3.05) is 0 Å². The Morgan fingerprint density at radius 2 is 0.880 bits per heavy atom. The first-order chi connectivity index (χ1) is 24.8. The number of benzene rings is 9. The first-order valence-electron chi connectivity index (χ1n) is 17.1. The largest absolute Gasteiger partial charge is 0.464 e. The maximum absolute atomic E-state index is 6.21. The minimum Gasteiger partial charge on any atom is -0.464 e. The van der Waals surface area contributed by atoms with Gasteiger partial charge in [0.05, 0.1) is 6.26 Å². The zero-order chi connectivity index (χ0) is 32.8. The molecule has 0 saturated carbocycles. The van der Waals surface area contributed by atoms with E-state index < -0.39 is 0 Å². The van der Waals surface area contributed by atoms with Crippen molar-refractivity contribution in [1.29, 1.82) is 0 Å². The van der Waals surface area contributed by atoms with E-state index in [0.717, 1.165) is 38.6 Å². The van der Waals surface area contributed by atoms with E-state index in [-0.39, 0.29) is 0 Å². The van der Waals surface area contributed by atoms with Gasteiger partial charge in [-0.15, -0.1) is 0 Å². The van der Waals surface area contributed by atoms with Gasteiger partial charge in [-0.1, -0.05) is 127 Å². The molecule has 2 aromatic heterocycles. The highest BCUT2D eigenvalue weighted by atomic mass is 16.3. The quantitative estimate of drug-likeness (QED) is 0.180. The molecule has 0 atom stereocenters. The van der Waals surface area contributed by atoms with Crippen LogP contribution in [0.4, 0.5) is 0 Å². The predicted octanol–water partition coefficient (Wildman–Crippen LogP) is 13.9. The van der Waals surface area contributed by atoms with Crippen LogP contribution in [0.3, 0.4) is 0 Å². The summed E-state index contributed by atoms with van der Waals surface area (Å²) in [5.41, 5.74) is 9.85. The minimum absolute atomic E-state index is 0.887. The summed E-state index contributed by atoms with van der Waals surface area (Å²) in [5, 5.41) is 13.2. The molecule has 2 nitrogen and oxygen atoms in total. The van der Waals surface area contributed by atoms with Crippen LogP contribution >= 0.6 is 0 Å². The van der Waals surface area contributed by atoms with Crippen molar-refractivity contribution < 1.29 is 8.83 Å². The zero-order valence-corrected chi connectivity index (χ0v) is 27.0. The number of para-hydroxylation sites is 1. The number of hydrogen-bond acceptors (Lipinski definition) is 2. The maximum atomic E-state index is 6.21. The van der Waals surface area contributed by atoms with Gasteiger partial charge >= 0.3 is 0 Å². The molecule has 0 unspecified atom stereocenters. The van der Waals surface area contributed by atoms with Crippen molar-refractivity contribution >= 4 is 76.0 Å². The Balaban J connectivity index is 1.14. The van der Waals surface area contributed by atoms with Gasteiger partial charge in [-0.2, -0.15) is 0 Å². The molecule has 0 N–H and O–H groups in total. The van der Waals surface area contributed by atoms with E-state index in [4.69, 9.17) is 8.83 Å². The van der Waals surface area contributed by atoms with E-state index in [1.807, 2.05) is 18.4 Å². The van der Waals surface area contributed by atoms with Crippen molar-refractivity contribution in [3.05, 3.63) is 170 Å². The second-order valence-corrected chi connectivity index (χ2v) is 13.2. The summed E-state index contributed by atoms with van der Waals surface area (Å²) in [7, 11) is 0. The topological polar surface area (TPSA) is 26.3 Å². The molecule has 11 rings (SSSR count). The Morgan fingerprint density at radius 1 is 0.320 bits per heavy atom. The van der Waals surface area contributed by atoms with Gasteiger partial charge in [-0.25, -0.2) is 0 Å². The first kappa shape index (κ1) is 27.3. The van der Waals surface area contributed by atoms with E-state index in [0.29, 0.717) is 0 Å². The lowest BCUT2D eigenvalue weighted by Crippen LogP contribution is -1.91. The molecule has 0 saturated heterocycles. The van der Waals surface area contributed by atoms with Gasteiger partial charge in [-0.3, -0.25) is 0 Å². The third kappa shape index (κ3) is 3.96. The molecular weight excluding hydrogens is 609 g/mol. The molecule has 50 heavy (non-hydrogen) atoms. The Bertz CT molecular complexity index is 3100. The van der Waals surface area contributed by atoms with Crippen LogP contribution in [-0.4, -0.2) is 0 Å². The molecule has 0 radical (unpaired) electrons. The van der Waals surface area contributed by atoms with Gasteiger partial charge < -0.3 is 8.83 Å². The third-order valence-electron chi connectivity index (χ3n) is 10.5. The minimum atomic E-state index is 0.887. The molecule has 0 fully saturated rings. The van der Waals surface area contributed by atoms with Gasteiger partial charge in [0.15, 0.2) is 0 Å². The van der Waals surface area contributed by atoms with Gasteiger partial charge in [-0.05, 0) is 107 Å². The summed E-state index contributed by atoms with van der Waals surface area (Å²) < 4.78 is 12.3. The summed E-state index contributed by atoms with van der Waals surface area (Å²) in [6.45, 7) is 0. The van der Waals surface area contributed by atoms with Crippen LogP contribution in [0.2, 0.25) is 0 Å². The normalized spacial score (nSPS) is 12.0. The molecule has 0 aliphatic rings. The lowest BCUT2D eigenvalue weighted by atomic mass is 9.85. The summed E-state index contributed by atoms with van der Waals surface area (Å²) in [4.78, 5) is 0. The average Bonchev–Trinajstić information content (AvgIpc) is 3.78. The SMILES string of the molecule is c1ccc2cc(-c3coc4ccc(-c5c6ccccc6c(-c6ccc7c(ccc8oc9ccccc9c87)c6)c6ccccc56)cc34)ccc2c1. The van der Waals surface area contributed by atoms with Crippen molar-refractivity contribution in [3.8, 4) is 33.4 Å². The molecule has 0 aliphatic heterocycles. The fraction of sp³-hybridized carbons (Fsp3) is 0. The van der Waals surface area contributed by atoms with Gasteiger partial charge in [0.25, 0.3) is 0 Å². The summed E-state index contributed by atoms with van der Waals surface area (Å²) in [5.74, 6) is 0. The maximum Gasteiger partial charge on any atom is 0.136 e. The predicted molar refractivity (Wildman–Crippen MR) is 210 cm³/mol. The molecule has 0 amide bonds. The Hall–Kier alpha value is -6.64. The Morgan fingerprint density at radius 3 is 1.64 bits per heavy atom. The van der Waals surface area contributed by atoms with Crippen molar-refractivity contribution in [3.63, 3.8) is 0 Å². The van der Waals surface area contributed by atoms with Crippen molar-refractivity contribution in [2.45, 2.75) is 0 Å². The first-order valence-corrected chi connectivity index (χ1v) is 17.1. The van der Waals surface area contributed by atoms with Gasteiger partial charge in [0.1, 0.15) is 16.7 Å². The molecular formula is C48H28O2. The summed E-state index contributed by atoms with van der Waals surface area (Å²) in [6, 6.07) is 59.0. The highest BCUT2D eigenvalue weighted by Crippen LogP contribution is 2.46. The monoisotopic (exact) mass is 636 g/mol. The lowest BCUT2D eigenvalue weighted by Gasteiger charge is -2.18. The number of fused-ring (bicyclic) bond motifs is 9. The third-order valence-corrected chi connectivity index (χ3v) is 10.5. The highest BCUT2D eigenvalue weighted by Gasteiger charge is 2.19. The van der Waals surface area contributed by atoms with Crippen LogP contribution in [0.15, 0.2) is 179 Å². The lowest BCUT2D eigenvalue weighted by molar-refractivity contribution is 0.617. The highest BCUT2D eigenvalue weighted by molar-refractivity contribution is 6.23. The van der Waals surface area contributed by atoms with E-state index in [1.54, 1.807) is 0 Å². The number of furan rings is 2. The van der Waals surface area contributed by atoms with Gasteiger partial charge in [0, 0.05) is 21.7 Å². The second-order valence-electron chi connectivity index (χ2n) is 13.2. The van der Waals surface area contributed by atoms with E-state index in [1.165, 1.54) is 70.7 Å².